The van der Waals surface area contributed by atoms with Crippen LogP contribution in [-0.2, 0) is 0 Å². The second kappa shape index (κ2) is 7.81. The Labute approximate surface area is 122 Å². The number of methoxy groups -OCH3 is 2. The smallest absolute Gasteiger partial charge is 0.186 e. The molecular formula is C12H16ClN3O2S. The van der Waals surface area contributed by atoms with Gasteiger partial charge in [0.2, 0.25) is 0 Å². The molecule has 1 rings (SSSR count). The molecule has 1 aromatic rings. The Hall–Kier alpha value is -1.53. The van der Waals surface area contributed by atoms with Gasteiger partial charge < -0.3 is 14.8 Å². The van der Waals surface area contributed by atoms with Crippen LogP contribution in [0.15, 0.2) is 17.2 Å². The van der Waals surface area contributed by atoms with Crippen LogP contribution >= 0.6 is 23.8 Å². The van der Waals surface area contributed by atoms with Gasteiger partial charge in [-0.05, 0) is 36.8 Å². The van der Waals surface area contributed by atoms with Crippen LogP contribution in [0.5, 0.6) is 11.5 Å². The molecule has 104 valence electrons. The first-order chi connectivity index (χ1) is 9.12. The number of hydrogen-bond donors (Lipinski definition) is 2. The predicted molar refractivity (Wildman–Crippen MR) is 81.6 cm³/mol. The van der Waals surface area contributed by atoms with Gasteiger partial charge in [0.15, 0.2) is 16.6 Å². The lowest BCUT2D eigenvalue weighted by molar-refractivity contribution is 0.355. The van der Waals surface area contributed by atoms with E-state index in [0.29, 0.717) is 21.6 Å². The molecular weight excluding hydrogens is 286 g/mol. The molecule has 0 unspecified atom stereocenters. The second-order valence-electron chi connectivity index (χ2n) is 3.47. The zero-order valence-corrected chi connectivity index (χ0v) is 12.6. The van der Waals surface area contributed by atoms with E-state index in [1.165, 1.54) is 7.11 Å². The Morgan fingerprint density at radius 3 is 2.74 bits per heavy atom. The van der Waals surface area contributed by atoms with Gasteiger partial charge in [-0.2, -0.15) is 5.10 Å². The number of halogens is 1. The van der Waals surface area contributed by atoms with E-state index in [2.05, 4.69) is 15.8 Å². The Bertz CT molecular complexity index is 480. The van der Waals surface area contributed by atoms with Gasteiger partial charge in [0, 0.05) is 6.54 Å². The van der Waals surface area contributed by atoms with E-state index in [1.54, 1.807) is 25.5 Å². The summed E-state index contributed by atoms with van der Waals surface area (Å²) in [5.41, 5.74) is 3.46. The third-order valence-electron chi connectivity index (χ3n) is 2.17. The second-order valence-corrected chi connectivity index (χ2v) is 4.28. The van der Waals surface area contributed by atoms with Gasteiger partial charge in [-0.25, -0.2) is 0 Å². The van der Waals surface area contributed by atoms with Crippen molar-refractivity contribution in [1.82, 2.24) is 10.7 Å². The monoisotopic (exact) mass is 301 g/mol. The molecule has 7 heteroatoms. The first kappa shape index (κ1) is 15.5. The van der Waals surface area contributed by atoms with E-state index < -0.39 is 0 Å². The highest BCUT2D eigenvalue weighted by Crippen LogP contribution is 2.35. The minimum Gasteiger partial charge on any atom is -0.493 e. The Balaban J connectivity index is 2.82. The summed E-state index contributed by atoms with van der Waals surface area (Å²) in [4.78, 5) is 0. The van der Waals surface area contributed by atoms with Gasteiger partial charge in [-0.15, -0.1) is 0 Å². The van der Waals surface area contributed by atoms with Gasteiger partial charge >= 0.3 is 0 Å². The zero-order valence-electron chi connectivity index (χ0n) is 11.0. The van der Waals surface area contributed by atoms with Crippen molar-refractivity contribution in [2.45, 2.75) is 6.92 Å². The first-order valence-electron chi connectivity index (χ1n) is 5.60. The van der Waals surface area contributed by atoms with Crippen molar-refractivity contribution < 1.29 is 9.47 Å². The lowest BCUT2D eigenvalue weighted by Gasteiger charge is -2.10. The first-order valence-corrected chi connectivity index (χ1v) is 6.39. The number of thiocarbonyl (C=S) groups is 1. The summed E-state index contributed by atoms with van der Waals surface area (Å²) in [6.07, 6.45) is 1.59. The number of ether oxygens (including phenoxy) is 2. The number of hydrogen-bond acceptors (Lipinski definition) is 4. The van der Waals surface area contributed by atoms with Crippen molar-refractivity contribution in [3.8, 4) is 11.5 Å². The lowest BCUT2D eigenvalue weighted by atomic mass is 10.2. The van der Waals surface area contributed by atoms with Crippen LogP contribution in [0.2, 0.25) is 5.02 Å². The number of hydrazone groups is 1. The summed E-state index contributed by atoms with van der Waals surface area (Å²) >= 11 is 11.1. The van der Waals surface area contributed by atoms with Gasteiger partial charge in [-0.3, -0.25) is 5.43 Å². The molecule has 0 heterocycles. The van der Waals surface area contributed by atoms with Crippen molar-refractivity contribution in [2.75, 3.05) is 20.8 Å². The van der Waals surface area contributed by atoms with E-state index in [0.717, 1.165) is 12.1 Å². The number of nitrogens with zero attached hydrogens (tertiary/aromatic N) is 1. The van der Waals surface area contributed by atoms with Crippen molar-refractivity contribution in [3.05, 3.63) is 22.7 Å². The third kappa shape index (κ3) is 4.57. The summed E-state index contributed by atoms with van der Waals surface area (Å²) in [6.45, 7) is 2.69. The van der Waals surface area contributed by atoms with Crippen molar-refractivity contribution in [3.63, 3.8) is 0 Å². The van der Waals surface area contributed by atoms with Crippen molar-refractivity contribution in [2.24, 2.45) is 5.10 Å². The highest BCUT2D eigenvalue weighted by molar-refractivity contribution is 7.80. The fourth-order valence-electron chi connectivity index (χ4n) is 1.38. The Kier molecular flexibility index (Phi) is 6.38. The van der Waals surface area contributed by atoms with Crippen LogP contribution < -0.4 is 20.2 Å². The number of nitrogens with one attached hydrogen (secondary N) is 2. The summed E-state index contributed by atoms with van der Waals surface area (Å²) in [5, 5.41) is 7.84. The molecule has 0 saturated heterocycles. The van der Waals surface area contributed by atoms with Crippen LogP contribution in [0, 0.1) is 0 Å². The van der Waals surface area contributed by atoms with Crippen LogP contribution in [0.1, 0.15) is 12.5 Å². The number of benzene rings is 1. The summed E-state index contributed by atoms with van der Waals surface area (Å²) in [7, 11) is 3.08. The molecule has 0 fully saturated rings. The maximum absolute atomic E-state index is 6.08. The summed E-state index contributed by atoms with van der Waals surface area (Å²) < 4.78 is 10.3. The maximum Gasteiger partial charge on any atom is 0.186 e. The molecule has 19 heavy (non-hydrogen) atoms. The van der Waals surface area contributed by atoms with Crippen LogP contribution in [0.4, 0.5) is 0 Å². The SMILES string of the molecule is CCNC(=S)N/N=C/c1cc(Cl)c(OC)c(OC)c1. The molecule has 1 aromatic carbocycles. The van der Waals surface area contributed by atoms with Crippen LogP contribution in [0.25, 0.3) is 0 Å². The van der Waals surface area contributed by atoms with Crippen molar-refractivity contribution >= 4 is 35.1 Å². The standard InChI is InChI=1S/C12H16ClN3O2S/c1-4-14-12(19)16-15-7-8-5-9(13)11(18-3)10(6-8)17-2/h5-7H,4H2,1-3H3,(H2,14,16,19)/b15-7+. The van der Waals surface area contributed by atoms with E-state index >= 15 is 0 Å². The largest absolute Gasteiger partial charge is 0.493 e. The summed E-state index contributed by atoms with van der Waals surface area (Å²) in [6, 6.07) is 3.50. The molecule has 5 nitrogen and oxygen atoms in total. The van der Waals surface area contributed by atoms with Gasteiger partial charge in [0.1, 0.15) is 0 Å². The third-order valence-corrected chi connectivity index (χ3v) is 2.69. The van der Waals surface area contributed by atoms with E-state index in [-0.39, 0.29) is 0 Å². The highest BCUT2D eigenvalue weighted by atomic mass is 35.5. The van der Waals surface area contributed by atoms with E-state index in [4.69, 9.17) is 33.3 Å². The van der Waals surface area contributed by atoms with Crippen LogP contribution in [-0.4, -0.2) is 32.1 Å². The zero-order chi connectivity index (χ0) is 14.3. The fraction of sp³-hybridized carbons (Fsp3) is 0.333. The molecule has 0 atom stereocenters. The normalized spacial score (nSPS) is 10.3. The van der Waals surface area contributed by atoms with Crippen LogP contribution in [0.3, 0.4) is 0 Å². The molecule has 0 aromatic heterocycles. The lowest BCUT2D eigenvalue weighted by Crippen LogP contribution is -2.31. The molecule has 0 aliphatic heterocycles. The Morgan fingerprint density at radius 1 is 1.42 bits per heavy atom. The van der Waals surface area contributed by atoms with Crippen molar-refractivity contribution in [1.29, 1.82) is 0 Å². The maximum atomic E-state index is 6.08. The van der Waals surface area contributed by atoms with Gasteiger partial charge in [-0.1, -0.05) is 11.6 Å². The van der Waals surface area contributed by atoms with E-state index in [1.807, 2.05) is 6.92 Å². The minimum atomic E-state index is 0.456. The quantitative estimate of drug-likeness (QED) is 0.496. The molecule has 0 saturated carbocycles. The average Bonchev–Trinajstić information content (AvgIpc) is 2.38. The number of rotatable bonds is 5. The topological polar surface area (TPSA) is 54.9 Å². The highest BCUT2D eigenvalue weighted by Gasteiger charge is 2.09. The predicted octanol–water partition coefficient (Wildman–Crippen LogP) is 2.18. The molecule has 0 aliphatic rings. The molecule has 0 spiro atoms. The van der Waals surface area contributed by atoms with Gasteiger partial charge in [0.25, 0.3) is 0 Å². The fourth-order valence-corrected chi connectivity index (χ4v) is 1.87. The summed E-state index contributed by atoms with van der Waals surface area (Å²) in [5.74, 6) is 1.04. The molecule has 0 bridgehead atoms. The van der Waals surface area contributed by atoms with E-state index in [9.17, 15) is 0 Å². The van der Waals surface area contributed by atoms with Gasteiger partial charge in [0.05, 0.1) is 25.5 Å². The molecule has 2 N–H and O–H groups in total. The Morgan fingerprint density at radius 2 is 2.16 bits per heavy atom. The molecule has 0 aliphatic carbocycles. The molecule has 0 amide bonds. The minimum absolute atomic E-state index is 0.456. The average molecular weight is 302 g/mol. The molecule has 0 radical (unpaired) electrons.